The SMILES string of the molecule is N#Cc1ccc(F)c([S+]([O-])N2CCC3(CC2)CC(=O)CO3)c1. The van der Waals surface area contributed by atoms with Gasteiger partial charge in [0.25, 0.3) is 0 Å². The lowest BCUT2D eigenvalue weighted by Gasteiger charge is -2.37. The van der Waals surface area contributed by atoms with Crippen LogP contribution in [0.5, 0.6) is 0 Å². The van der Waals surface area contributed by atoms with Gasteiger partial charge in [0.15, 0.2) is 11.6 Å². The van der Waals surface area contributed by atoms with Gasteiger partial charge in [0.05, 0.1) is 28.6 Å². The topological polar surface area (TPSA) is 76.4 Å². The molecule has 2 aliphatic rings. The number of piperidine rings is 1. The number of benzene rings is 1. The zero-order valence-electron chi connectivity index (χ0n) is 11.9. The summed E-state index contributed by atoms with van der Waals surface area (Å²) in [6, 6.07) is 5.77. The Morgan fingerprint density at radius 2 is 2.14 bits per heavy atom. The van der Waals surface area contributed by atoms with Gasteiger partial charge < -0.3 is 9.29 Å². The molecule has 22 heavy (non-hydrogen) atoms. The lowest BCUT2D eigenvalue weighted by molar-refractivity contribution is -0.117. The van der Waals surface area contributed by atoms with Crippen molar-refractivity contribution in [2.45, 2.75) is 29.8 Å². The van der Waals surface area contributed by atoms with Gasteiger partial charge in [0.2, 0.25) is 4.90 Å². The van der Waals surface area contributed by atoms with Gasteiger partial charge in [-0.3, -0.25) is 4.79 Å². The number of Topliss-reactive ketones (excluding diaryl/α,β-unsaturated/α-hetero) is 1. The molecule has 7 heteroatoms. The van der Waals surface area contributed by atoms with E-state index in [-0.39, 0.29) is 22.8 Å². The maximum atomic E-state index is 13.9. The minimum absolute atomic E-state index is 0.0263. The second kappa shape index (κ2) is 5.97. The fraction of sp³-hybridized carbons (Fsp3) is 0.467. The van der Waals surface area contributed by atoms with E-state index in [1.54, 1.807) is 4.31 Å². The molecule has 1 atom stereocenters. The first kappa shape index (κ1) is 15.4. The van der Waals surface area contributed by atoms with Crippen molar-refractivity contribution in [2.75, 3.05) is 19.7 Å². The molecule has 1 aromatic rings. The van der Waals surface area contributed by atoms with Crippen LogP contribution in [0.3, 0.4) is 0 Å². The van der Waals surface area contributed by atoms with E-state index in [0.717, 1.165) is 6.07 Å². The molecular weight excluding hydrogens is 307 g/mol. The van der Waals surface area contributed by atoms with E-state index < -0.39 is 22.8 Å². The molecular formula is C15H15FN2O3S. The van der Waals surface area contributed by atoms with Gasteiger partial charge in [-0.1, -0.05) is 0 Å². The molecule has 0 bridgehead atoms. The summed E-state index contributed by atoms with van der Waals surface area (Å²) < 4.78 is 33.7. The normalized spacial score (nSPS) is 22.7. The first-order valence-electron chi connectivity index (χ1n) is 7.05. The second-order valence-electron chi connectivity index (χ2n) is 5.62. The standard InChI is InChI=1S/C15H15FN2O3S/c16-13-2-1-11(9-17)7-14(13)22(20)18-5-3-15(4-6-18)8-12(19)10-21-15/h1-2,7H,3-6,8,10H2. The van der Waals surface area contributed by atoms with Gasteiger partial charge in [-0.05, 0) is 25.0 Å². The average molecular weight is 322 g/mol. The summed E-state index contributed by atoms with van der Waals surface area (Å²) in [5.74, 6) is -0.479. The summed E-state index contributed by atoms with van der Waals surface area (Å²) in [5, 5.41) is 8.88. The zero-order chi connectivity index (χ0) is 15.7. The first-order chi connectivity index (χ1) is 10.5. The highest BCUT2D eigenvalue weighted by atomic mass is 32.2. The van der Waals surface area contributed by atoms with Crippen LogP contribution in [0.2, 0.25) is 0 Å². The van der Waals surface area contributed by atoms with E-state index >= 15 is 0 Å². The van der Waals surface area contributed by atoms with Gasteiger partial charge in [-0.15, -0.1) is 4.31 Å². The number of hydrogen-bond acceptors (Lipinski definition) is 5. The van der Waals surface area contributed by atoms with Crippen LogP contribution in [0.4, 0.5) is 4.39 Å². The van der Waals surface area contributed by atoms with Crippen molar-refractivity contribution in [2.24, 2.45) is 0 Å². The molecule has 5 nitrogen and oxygen atoms in total. The average Bonchev–Trinajstić information content (AvgIpc) is 2.88. The highest BCUT2D eigenvalue weighted by Crippen LogP contribution is 2.36. The van der Waals surface area contributed by atoms with Crippen molar-refractivity contribution in [3.05, 3.63) is 29.6 Å². The Morgan fingerprint density at radius 3 is 2.73 bits per heavy atom. The molecule has 0 saturated carbocycles. The highest BCUT2D eigenvalue weighted by molar-refractivity contribution is 7.89. The Kier molecular flexibility index (Phi) is 4.19. The summed E-state index contributed by atoms with van der Waals surface area (Å²) >= 11 is -1.65. The molecule has 0 N–H and O–H groups in total. The van der Waals surface area contributed by atoms with Gasteiger partial charge in [0.1, 0.15) is 6.61 Å². The molecule has 1 unspecified atom stereocenters. The molecule has 1 aromatic carbocycles. The van der Waals surface area contributed by atoms with Crippen LogP contribution in [0.1, 0.15) is 24.8 Å². The summed E-state index contributed by atoms with van der Waals surface area (Å²) in [7, 11) is 0. The summed E-state index contributed by atoms with van der Waals surface area (Å²) in [4.78, 5) is 11.4. The smallest absolute Gasteiger partial charge is 0.210 e. The summed E-state index contributed by atoms with van der Waals surface area (Å²) in [5.41, 5.74) is -0.145. The van der Waals surface area contributed by atoms with Crippen molar-refractivity contribution in [1.82, 2.24) is 4.31 Å². The Balaban J connectivity index is 1.71. The molecule has 1 spiro atoms. The predicted octanol–water partition coefficient (Wildman–Crippen LogP) is 1.54. The first-order valence-corrected chi connectivity index (χ1v) is 8.16. The van der Waals surface area contributed by atoms with Crippen LogP contribution < -0.4 is 0 Å². The van der Waals surface area contributed by atoms with Crippen LogP contribution in [0, 0.1) is 17.1 Å². The largest absolute Gasteiger partial charge is 0.593 e. The third kappa shape index (κ3) is 2.88. The number of rotatable bonds is 2. The van der Waals surface area contributed by atoms with Crippen LogP contribution in [0.15, 0.2) is 23.1 Å². The number of hydrogen-bond donors (Lipinski definition) is 0. The van der Waals surface area contributed by atoms with Crippen LogP contribution >= 0.6 is 0 Å². The number of ketones is 1. The Labute approximate surface area is 131 Å². The second-order valence-corrected chi connectivity index (χ2v) is 7.08. The Morgan fingerprint density at radius 1 is 1.41 bits per heavy atom. The molecule has 0 aromatic heterocycles. The predicted molar refractivity (Wildman–Crippen MR) is 76.6 cm³/mol. The zero-order valence-corrected chi connectivity index (χ0v) is 12.7. The highest BCUT2D eigenvalue weighted by Gasteiger charge is 2.44. The monoisotopic (exact) mass is 322 g/mol. The third-order valence-corrected chi connectivity index (χ3v) is 5.70. The van der Waals surface area contributed by atoms with E-state index in [0.29, 0.717) is 32.4 Å². The Bertz CT molecular complexity index is 638. The number of carbonyl (C=O) groups is 1. The number of ether oxygens (including phenoxy) is 1. The summed E-state index contributed by atoms with van der Waals surface area (Å²) in [6.07, 6.45) is 1.61. The molecule has 2 saturated heterocycles. The van der Waals surface area contributed by atoms with Crippen LogP contribution in [-0.2, 0) is 20.9 Å². The Hall–Kier alpha value is -1.46. The lowest BCUT2D eigenvalue weighted by atomic mass is 9.89. The molecule has 116 valence electrons. The molecule has 2 aliphatic heterocycles. The number of nitriles is 1. The van der Waals surface area contributed by atoms with E-state index in [1.165, 1.54) is 12.1 Å². The maximum Gasteiger partial charge on any atom is 0.210 e. The maximum absolute atomic E-state index is 13.9. The van der Waals surface area contributed by atoms with Crippen LogP contribution in [0.25, 0.3) is 0 Å². The van der Waals surface area contributed by atoms with Crippen molar-refractivity contribution in [1.29, 1.82) is 5.26 Å². The molecule has 2 fully saturated rings. The number of halogens is 1. The van der Waals surface area contributed by atoms with Crippen molar-refractivity contribution >= 4 is 17.1 Å². The number of nitrogens with zero attached hydrogens (tertiary/aromatic N) is 2. The fourth-order valence-electron chi connectivity index (χ4n) is 2.92. The molecule has 3 rings (SSSR count). The molecule has 0 amide bonds. The van der Waals surface area contributed by atoms with Crippen molar-refractivity contribution in [3.63, 3.8) is 0 Å². The fourth-order valence-corrected chi connectivity index (χ4v) is 4.18. The molecule has 0 radical (unpaired) electrons. The van der Waals surface area contributed by atoms with Crippen molar-refractivity contribution < 1.29 is 18.5 Å². The minimum Gasteiger partial charge on any atom is -0.593 e. The van der Waals surface area contributed by atoms with E-state index in [1.807, 2.05) is 6.07 Å². The molecule has 0 aliphatic carbocycles. The quantitative estimate of drug-likeness (QED) is 0.772. The third-order valence-electron chi connectivity index (χ3n) is 4.18. The van der Waals surface area contributed by atoms with Crippen LogP contribution in [-0.4, -0.2) is 39.9 Å². The van der Waals surface area contributed by atoms with E-state index in [2.05, 4.69) is 0 Å². The molecule has 2 heterocycles. The number of carbonyl (C=O) groups excluding carboxylic acids is 1. The van der Waals surface area contributed by atoms with E-state index in [9.17, 15) is 13.7 Å². The van der Waals surface area contributed by atoms with Gasteiger partial charge in [-0.2, -0.15) is 5.26 Å². The van der Waals surface area contributed by atoms with Gasteiger partial charge in [0, 0.05) is 25.6 Å². The lowest BCUT2D eigenvalue weighted by Crippen LogP contribution is -2.46. The minimum atomic E-state index is -1.65. The van der Waals surface area contributed by atoms with Gasteiger partial charge in [-0.25, -0.2) is 4.39 Å². The van der Waals surface area contributed by atoms with Gasteiger partial charge >= 0.3 is 0 Å². The van der Waals surface area contributed by atoms with E-state index in [4.69, 9.17) is 10.00 Å². The summed E-state index contributed by atoms with van der Waals surface area (Å²) in [6.45, 7) is 1.09. The van der Waals surface area contributed by atoms with Crippen molar-refractivity contribution in [3.8, 4) is 6.07 Å².